The van der Waals surface area contributed by atoms with Gasteiger partial charge in [-0.05, 0) is 32.6 Å². The highest BCUT2D eigenvalue weighted by Crippen LogP contribution is 2.20. The lowest BCUT2D eigenvalue weighted by Gasteiger charge is -2.29. The normalized spacial score (nSPS) is 18.2. The fourth-order valence-corrected chi connectivity index (χ4v) is 1.03. The topological polar surface area (TPSA) is 21.3 Å². The molecular formula is C11H23NO. The molecule has 1 aliphatic rings. The molecule has 0 radical (unpaired) electrons. The second-order valence-electron chi connectivity index (χ2n) is 4.84. The number of hydrogen-bond acceptors (Lipinski definition) is 2. The van der Waals surface area contributed by atoms with Gasteiger partial charge in [-0.15, -0.1) is 0 Å². The molecule has 0 amide bonds. The van der Waals surface area contributed by atoms with E-state index in [9.17, 15) is 0 Å². The van der Waals surface area contributed by atoms with E-state index in [2.05, 4.69) is 33.0 Å². The first-order chi connectivity index (χ1) is 6.02. The van der Waals surface area contributed by atoms with Gasteiger partial charge < -0.3 is 10.1 Å². The van der Waals surface area contributed by atoms with E-state index in [0.29, 0.717) is 5.92 Å². The van der Waals surface area contributed by atoms with Crippen molar-refractivity contribution in [2.45, 2.75) is 52.2 Å². The van der Waals surface area contributed by atoms with Gasteiger partial charge in [-0.1, -0.05) is 13.8 Å². The number of ether oxygens (including phenoxy) is 1. The Balaban J connectivity index is 2.02. The molecule has 0 unspecified atom stereocenters. The molecule has 1 saturated carbocycles. The fourth-order valence-electron chi connectivity index (χ4n) is 1.03. The Bertz CT molecular complexity index is 150. The first-order valence-electron chi connectivity index (χ1n) is 5.39. The van der Waals surface area contributed by atoms with Crippen LogP contribution >= 0.6 is 0 Å². The molecule has 1 fully saturated rings. The summed E-state index contributed by atoms with van der Waals surface area (Å²) in [6, 6.07) is 0.797. The van der Waals surface area contributed by atoms with Crippen LogP contribution in [0.3, 0.4) is 0 Å². The van der Waals surface area contributed by atoms with Crippen molar-refractivity contribution in [2.75, 3.05) is 13.2 Å². The van der Waals surface area contributed by atoms with Crippen LogP contribution in [0.2, 0.25) is 0 Å². The van der Waals surface area contributed by atoms with Crippen molar-refractivity contribution >= 4 is 0 Å². The molecule has 0 aromatic carbocycles. The van der Waals surface area contributed by atoms with Crippen molar-refractivity contribution in [3.8, 4) is 0 Å². The van der Waals surface area contributed by atoms with Gasteiger partial charge in [0.15, 0.2) is 0 Å². The minimum atomic E-state index is 0.0191. The van der Waals surface area contributed by atoms with Gasteiger partial charge in [-0.25, -0.2) is 0 Å². The third-order valence-corrected chi connectivity index (χ3v) is 2.98. The van der Waals surface area contributed by atoms with E-state index in [1.165, 1.54) is 12.8 Å². The predicted molar refractivity (Wildman–Crippen MR) is 55.9 cm³/mol. The average molecular weight is 185 g/mol. The summed E-state index contributed by atoms with van der Waals surface area (Å²) in [6.45, 7) is 10.6. The van der Waals surface area contributed by atoms with Gasteiger partial charge in [0.2, 0.25) is 0 Å². The highest BCUT2D eigenvalue weighted by atomic mass is 16.5. The second-order valence-corrected chi connectivity index (χ2v) is 4.84. The molecule has 2 heteroatoms. The Morgan fingerprint density at radius 3 is 2.46 bits per heavy atom. The molecule has 0 aromatic rings. The molecule has 1 rings (SSSR count). The van der Waals surface area contributed by atoms with Crippen LogP contribution in [0.1, 0.15) is 40.5 Å². The number of hydrogen-bond donors (Lipinski definition) is 1. The Kier molecular flexibility index (Phi) is 3.74. The van der Waals surface area contributed by atoms with Crippen LogP contribution in [0.25, 0.3) is 0 Å². The van der Waals surface area contributed by atoms with Crippen LogP contribution in [0.15, 0.2) is 0 Å². The molecule has 0 aromatic heterocycles. The van der Waals surface area contributed by atoms with Crippen LogP contribution in [0, 0.1) is 5.92 Å². The van der Waals surface area contributed by atoms with E-state index in [1.54, 1.807) is 0 Å². The zero-order chi connectivity index (χ0) is 9.90. The highest BCUT2D eigenvalue weighted by Gasteiger charge is 2.23. The Labute approximate surface area is 82.0 Å². The van der Waals surface area contributed by atoms with Gasteiger partial charge in [-0.3, -0.25) is 0 Å². The van der Waals surface area contributed by atoms with Gasteiger partial charge in [0.25, 0.3) is 0 Å². The third kappa shape index (κ3) is 4.10. The minimum absolute atomic E-state index is 0.0191. The summed E-state index contributed by atoms with van der Waals surface area (Å²) < 4.78 is 5.81. The quantitative estimate of drug-likeness (QED) is 0.640. The molecule has 13 heavy (non-hydrogen) atoms. The van der Waals surface area contributed by atoms with Crippen LogP contribution in [-0.2, 0) is 4.74 Å². The van der Waals surface area contributed by atoms with E-state index in [1.807, 2.05) is 0 Å². The molecule has 1 N–H and O–H groups in total. The molecule has 1 aliphatic carbocycles. The van der Waals surface area contributed by atoms with Crippen molar-refractivity contribution in [1.82, 2.24) is 5.32 Å². The smallest absolute Gasteiger partial charge is 0.0649 e. The lowest BCUT2D eigenvalue weighted by Crippen LogP contribution is -2.34. The van der Waals surface area contributed by atoms with E-state index in [0.717, 1.165) is 19.2 Å². The third-order valence-electron chi connectivity index (χ3n) is 2.98. The molecule has 0 spiro atoms. The largest absolute Gasteiger partial charge is 0.374 e. The lowest BCUT2D eigenvalue weighted by molar-refractivity contribution is -0.0484. The Morgan fingerprint density at radius 2 is 2.00 bits per heavy atom. The maximum Gasteiger partial charge on any atom is 0.0649 e. The van der Waals surface area contributed by atoms with E-state index in [-0.39, 0.29) is 5.60 Å². The Hall–Kier alpha value is -0.0800. The fraction of sp³-hybridized carbons (Fsp3) is 1.00. The number of nitrogens with one attached hydrogen (secondary N) is 1. The zero-order valence-electron chi connectivity index (χ0n) is 9.39. The lowest BCUT2D eigenvalue weighted by atomic mass is 9.95. The molecule has 78 valence electrons. The summed E-state index contributed by atoms with van der Waals surface area (Å²) in [5, 5.41) is 3.44. The van der Waals surface area contributed by atoms with Crippen molar-refractivity contribution in [3.05, 3.63) is 0 Å². The summed E-state index contributed by atoms with van der Waals surface area (Å²) >= 11 is 0. The zero-order valence-corrected chi connectivity index (χ0v) is 9.39. The minimum Gasteiger partial charge on any atom is -0.374 e. The summed E-state index contributed by atoms with van der Waals surface area (Å²) in [6.07, 6.45) is 2.71. The van der Waals surface area contributed by atoms with Crippen LogP contribution in [0.4, 0.5) is 0 Å². The average Bonchev–Trinajstić information content (AvgIpc) is 2.81. The molecule has 0 heterocycles. The van der Waals surface area contributed by atoms with Gasteiger partial charge in [0.1, 0.15) is 0 Å². The molecule has 0 saturated heterocycles. The van der Waals surface area contributed by atoms with Gasteiger partial charge >= 0.3 is 0 Å². The summed E-state index contributed by atoms with van der Waals surface area (Å²) in [5.41, 5.74) is 0.0191. The van der Waals surface area contributed by atoms with Crippen LogP contribution in [-0.4, -0.2) is 24.8 Å². The van der Waals surface area contributed by atoms with Crippen molar-refractivity contribution in [3.63, 3.8) is 0 Å². The first-order valence-corrected chi connectivity index (χ1v) is 5.39. The molecule has 0 aliphatic heterocycles. The predicted octanol–water partition coefficient (Wildman–Crippen LogP) is 2.19. The first kappa shape index (κ1) is 11.0. The second kappa shape index (κ2) is 4.43. The maximum atomic E-state index is 5.81. The maximum absolute atomic E-state index is 5.81. The van der Waals surface area contributed by atoms with Gasteiger partial charge in [-0.2, -0.15) is 0 Å². The number of rotatable bonds is 6. The Morgan fingerprint density at radius 1 is 1.38 bits per heavy atom. The van der Waals surface area contributed by atoms with Gasteiger partial charge in [0, 0.05) is 12.6 Å². The van der Waals surface area contributed by atoms with Crippen molar-refractivity contribution in [2.24, 2.45) is 5.92 Å². The van der Waals surface area contributed by atoms with Crippen LogP contribution in [0.5, 0.6) is 0 Å². The molecule has 0 atom stereocenters. The summed E-state index contributed by atoms with van der Waals surface area (Å²) in [5.74, 6) is 0.577. The monoisotopic (exact) mass is 185 g/mol. The molecule has 0 bridgehead atoms. The standard InChI is InChI=1S/C11H23NO/c1-9(2)11(3,4)13-8-7-12-10-5-6-10/h9-10,12H,5-8H2,1-4H3. The SMILES string of the molecule is CC(C)C(C)(C)OCCNC1CC1. The van der Waals surface area contributed by atoms with Crippen molar-refractivity contribution < 1.29 is 4.74 Å². The van der Waals surface area contributed by atoms with Gasteiger partial charge in [0.05, 0.1) is 12.2 Å². The van der Waals surface area contributed by atoms with E-state index in [4.69, 9.17) is 4.74 Å². The van der Waals surface area contributed by atoms with Crippen molar-refractivity contribution in [1.29, 1.82) is 0 Å². The van der Waals surface area contributed by atoms with Crippen LogP contribution < -0.4 is 5.32 Å². The molecular weight excluding hydrogens is 162 g/mol. The highest BCUT2D eigenvalue weighted by molar-refractivity contribution is 4.80. The summed E-state index contributed by atoms with van der Waals surface area (Å²) in [4.78, 5) is 0. The van der Waals surface area contributed by atoms with E-state index >= 15 is 0 Å². The molecule has 2 nitrogen and oxygen atoms in total. The summed E-state index contributed by atoms with van der Waals surface area (Å²) in [7, 11) is 0. The van der Waals surface area contributed by atoms with E-state index < -0.39 is 0 Å².